The zero-order valence-corrected chi connectivity index (χ0v) is 12.7. The van der Waals surface area contributed by atoms with Gasteiger partial charge in [-0.1, -0.05) is 6.07 Å². The molecule has 0 radical (unpaired) electrons. The molecule has 1 N–H and O–H groups in total. The summed E-state index contributed by atoms with van der Waals surface area (Å²) in [6, 6.07) is 8.24. The average molecular weight is 271 g/mol. The van der Waals surface area contributed by atoms with E-state index in [2.05, 4.69) is 29.3 Å². The highest BCUT2D eigenvalue weighted by molar-refractivity contribution is 5.37. The Morgan fingerprint density at radius 2 is 2.10 bits per heavy atom. The maximum atomic E-state index is 8.91. The zero-order chi connectivity index (χ0) is 14.4. The Bertz CT molecular complexity index is 468. The first-order chi connectivity index (χ1) is 9.72. The van der Waals surface area contributed by atoms with Crippen molar-refractivity contribution in [3.8, 4) is 6.07 Å². The Labute approximate surface area is 122 Å². The summed E-state index contributed by atoms with van der Waals surface area (Å²) < 4.78 is 0. The summed E-state index contributed by atoms with van der Waals surface area (Å²) in [4.78, 5) is 2.55. The molecule has 1 aromatic carbocycles. The highest BCUT2D eigenvalue weighted by Gasteiger charge is 2.19. The third-order valence-corrected chi connectivity index (χ3v) is 4.38. The van der Waals surface area contributed by atoms with Gasteiger partial charge in [0.25, 0.3) is 0 Å². The summed E-state index contributed by atoms with van der Waals surface area (Å²) in [6.07, 6.45) is 3.94. The van der Waals surface area contributed by atoms with E-state index < -0.39 is 0 Å². The number of aryl methyl sites for hydroxylation is 1. The summed E-state index contributed by atoms with van der Waals surface area (Å²) in [5.41, 5.74) is 3.36. The quantitative estimate of drug-likeness (QED) is 0.895. The molecular formula is C17H25N3. The molecule has 1 aliphatic rings. The highest BCUT2D eigenvalue weighted by atomic mass is 15.1. The molecular weight excluding hydrogens is 246 g/mol. The Hall–Kier alpha value is -1.37. The SMILES string of the molecule is CNCCC1CCN(Cc2ccc(C#N)cc2C)CC1. The number of piperidine rings is 1. The molecule has 2 rings (SSSR count). The molecule has 0 atom stereocenters. The molecule has 1 aliphatic heterocycles. The zero-order valence-electron chi connectivity index (χ0n) is 12.7. The van der Waals surface area contributed by atoms with E-state index in [1.54, 1.807) is 0 Å². The van der Waals surface area contributed by atoms with Crippen LogP contribution in [0.2, 0.25) is 0 Å². The Kier molecular flexibility index (Phi) is 5.58. The second kappa shape index (κ2) is 7.42. The van der Waals surface area contributed by atoms with Crippen LogP contribution in [-0.2, 0) is 6.54 Å². The van der Waals surface area contributed by atoms with Crippen LogP contribution in [0, 0.1) is 24.2 Å². The van der Waals surface area contributed by atoms with Gasteiger partial charge < -0.3 is 5.32 Å². The molecule has 0 spiro atoms. The molecule has 0 bridgehead atoms. The lowest BCUT2D eigenvalue weighted by molar-refractivity contribution is 0.172. The van der Waals surface area contributed by atoms with Gasteiger partial charge in [-0.2, -0.15) is 5.26 Å². The van der Waals surface area contributed by atoms with E-state index in [-0.39, 0.29) is 0 Å². The molecule has 0 unspecified atom stereocenters. The van der Waals surface area contributed by atoms with Gasteiger partial charge in [-0.05, 0) is 82.0 Å². The standard InChI is InChI=1S/C17H25N3/c1-14-11-16(12-18)3-4-17(14)13-20-9-6-15(7-10-20)5-8-19-2/h3-4,11,15,19H,5-10,13H2,1-2H3. The first-order valence-electron chi connectivity index (χ1n) is 7.59. The summed E-state index contributed by atoms with van der Waals surface area (Å²) >= 11 is 0. The van der Waals surface area contributed by atoms with Crippen LogP contribution in [0.3, 0.4) is 0 Å². The molecule has 1 saturated heterocycles. The molecule has 1 heterocycles. The van der Waals surface area contributed by atoms with E-state index >= 15 is 0 Å². The topological polar surface area (TPSA) is 39.1 Å². The monoisotopic (exact) mass is 271 g/mol. The minimum atomic E-state index is 0.761. The van der Waals surface area contributed by atoms with Crippen LogP contribution in [0.5, 0.6) is 0 Å². The number of hydrogen-bond donors (Lipinski definition) is 1. The van der Waals surface area contributed by atoms with Gasteiger partial charge in [0, 0.05) is 6.54 Å². The molecule has 0 aliphatic carbocycles. The molecule has 3 heteroatoms. The van der Waals surface area contributed by atoms with Crippen molar-refractivity contribution in [1.29, 1.82) is 5.26 Å². The fraction of sp³-hybridized carbons (Fsp3) is 0.588. The molecule has 3 nitrogen and oxygen atoms in total. The van der Waals surface area contributed by atoms with E-state index in [1.807, 2.05) is 19.2 Å². The largest absolute Gasteiger partial charge is 0.320 e. The van der Waals surface area contributed by atoms with Gasteiger partial charge in [0.1, 0.15) is 0 Å². The average Bonchev–Trinajstić information content (AvgIpc) is 2.48. The minimum absolute atomic E-state index is 0.761. The van der Waals surface area contributed by atoms with Crippen LogP contribution in [0.25, 0.3) is 0 Å². The van der Waals surface area contributed by atoms with Gasteiger partial charge in [0.2, 0.25) is 0 Å². The first kappa shape index (κ1) is 15.0. The predicted octanol–water partition coefficient (Wildman–Crippen LogP) is 2.69. The maximum absolute atomic E-state index is 8.91. The molecule has 20 heavy (non-hydrogen) atoms. The van der Waals surface area contributed by atoms with Crippen molar-refractivity contribution in [1.82, 2.24) is 10.2 Å². The van der Waals surface area contributed by atoms with Gasteiger partial charge in [0.15, 0.2) is 0 Å². The molecule has 108 valence electrons. The normalized spacial score (nSPS) is 17.1. The van der Waals surface area contributed by atoms with Crippen LogP contribution in [-0.4, -0.2) is 31.6 Å². The van der Waals surface area contributed by atoms with Crippen molar-refractivity contribution < 1.29 is 0 Å². The van der Waals surface area contributed by atoms with E-state index in [4.69, 9.17) is 5.26 Å². The number of likely N-dealkylation sites (tertiary alicyclic amines) is 1. The summed E-state index contributed by atoms with van der Waals surface area (Å²) in [6.45, 7) is 6.67. The number of hydrogen-bond acceptors (Lipinski definition) is 3. The number of benzene rings is 1. The van der Waals surface area contributed by atoms with Gasteiger partial charge in [-0.3, -0.25) is 4.90 Å². The van der Waals surface area contributed by atoms with Gasteiger partial charge in [0.05, 0.1) is 11.6 Å². The first-order valence-corrected chi connectivity index (χ1v) is 7.59. The van der Waals surface area contributed by atoms with Crippen molar-refractivity contribution in [3.63, 3.8) is 0 Å². The van der Waals surface area contributed by atoms with Crippen LogP contribution >= 0.6 is 0 Å². The third-order valence-electron chi connectivity index (χ3n) is 4.38. The lowest BCUT2D eigenvalue weighted by Crippen LogP contribution is -2.34. The van der Waals surface area contributed by atoms with Crippen molar-refractivity contribution >= 4 is 0 Å². The van der Waals surface area contributed by atoms with E-state index in [1.165, 1.54) is 43.5 Å². The Morgan fingerprint density at radius 3 is 2.70 bits per heavy atom. The van der Waals surface area contributed by atoms with Crippen LogP contribution in [0.15, 0.2) is 18.2 Å². The summed E-state index contributed by atoms with van der Waals surface area (Å²) in [7, 11) is 2.03. The Morgan fingerprint density at radius 1 is 1.35 bits per heavy atom. The summed E-state index contributed by atoms with van der Waals surface area (Å²) in [5, 5.41) is 12.2. The lowest BCUT2D eigenvalue weighted by atomic mass is 9.93. The fourth-order valence-electron chi connectivity index (χ4n) is 2.97. The molecule has 1 aromatic rings. The van der Waals surface area contributed by atoms with Crippen LogP contribution < -0.4 is 5.32 Å². The van der Waals surface area contributed by atoms with Gasteiger partial charge in [-0.25, -0.2) is 0 Å². The minimum Gasteiger partial charge on any atom is -0.320 e. The number of rotatable bonds is 5. The van der Waals surface area contributed by atoms with Gasteiger partial charge in [-0.15, -0.1) is 0 Å². The molecule has 1 fully saturated rings. The van der Waals surface area contributed by atoms with Crippen molar-refractivity contribution in [2.75, 3.05) is 26.7 Å². The fourth-order valence-corrected chi connectivity index (χ4v) is 2.97. The van der Waals surface area contributed by atoms with E-state index in [0.717, 1.165) is 24.6 Å². The highest BCUT2D eigenvalue weighted by Crippen LogP contribution is 2.22. The van der Waals surface area contributed by atoms with Crippen molar-refractivity contribution in [2.45, 2.75) is 32.7 Å². The second-order valence-corrected chi connectivity index (χ2v) is 5.86. The second-order valence-electron chi connectivity index (χ2n) is 5.86. The number of nitrogens with one attached hydrogen (secondary N) is 1. The Balaban J connectivity index is 1.85. The number of nitriles is 1. The predicted molar refractivity (Wildman–Crippen MR) is 82.4 cm³/mol. The summed E-state index contributed by atoms with van der Waals surface area (Å²) in [5.74, 6) is 0.890. The van der Waals surface area contributed by atoms with Crippen LogP contribution in [0.1, 0.15) is 36.0 Å². The van der Waals surface area contributed by atoms with Crippen molar-refractivity contribution in [3.05, 3.63) is 34.9 Å². The maximum Gasteiger partial charge on any atom is 0.0991 e. The van der Waals surface area contributed by atoms with Crippen LogP contribution in [0.4, 0.5) is 0 Å². The van der Waals surface area contributed by atoms with Crippen molar-refractivity contribution in [2.24, 2.45) is 5.92 Å². The number of nitrogens with zero attached hydrogens (tertiary/aromatic N) is 2. The molecule has 0 aromatic heterocycles. The lowest BCUT2D eigenvalue weighted by Gasteiger charge is -2.32. The van der Waals surface area contributed by atoms with E-state index in [9.17, 15) is 0 Å². The molecule has 0 amide bonds. The molecule has 0 saturated carbocycles. The smallest absolute Gasteiger partial charge is 0.0991 e. The third kappa shape index (κ3) is 4.06. The van der Waals surface area contributed by atoms with Gasteiger partial charge >= 0.3 is 0 Å². The van der Waals surface area contributed by atoms with E-state index in [0.29, 0.717) is 0 Å².